The molecule has 0 aromatic heterocycles. The average molecular weight is 962 g/mol. The Balaban J connectivity index is 0.000000882. The number of halogens is 2. The molecule has 0 bridgehead atoms. The predicted octanol–water partition coefficient (Wildman–Crippen LogP) is -0.503. The Morgan fingerprint density at radius 2 is 0.830 bits per heavy atom. The minimum Gasteiger partial charge on any atom is -0.548 e. The minimum atomic E-state index is -1.55. The van der Waals surface area contributed by atoms with Crippen molar-refractivity contribution in [3.8, 4) is 0 Å². The Morgan fingerprint density at radius 3 is 1.04 bits per heavy atom. The molecule has 0 aliphatic rings. The fourth-order valence-electron chi connectivity index (χ4n) is 4.33. The molecule has 259 valence electrons. The largest absolute Gasteiger partial charge is 0.548 e. The standard InChI is InChI=1S/2C15H19IN2O5.Tc/c2*1-3-9-5-6-11(16)10(4-2)14(9)17-15(23)18(7-12(19)20)8-13(21)22;/h2*5-6H,3-4,7-8H2,1-2H3,(H,17,23)(H,19,20)(H,21,22);/p-4. The van der Waals surface area contributed by atoms with Crippen LogP contribution in [0.3, 0.4) is 0 Å². The van der Waals surface area contributed by atoms with E-state index in [1.165, 1.54) is 0 Å². The Kier molecular flexibility index (Phi) is 20.4. The molecule has 0 aliphatic carbocycles. The Hall–Kier alpha value is -3.03. The van der Waals surface area contributed by atoms with Crippen molar-refractivity contribution in [2.24, 2.45) is 0 Å². The Bertz CT molecular complexity index is 1320. The van der Waals surface area contributed by atoms with Gasteiger partial charge in [-0.3, -0.25) is 0 Å². The van der Waals surface area contributed by atoms with E-state index in [0.717, 1.165) is 29.4 Å². The maximum absolute atomic E-state index is 12.3. The molecule has 0 saturated heterocycles. The predicted molar refractivity (Wildman–Crippen MR) is 177 cm³/mol. The number of aryl methyl sites for hydroxylation is 2. The molecule has 14 nitrogen and oxygen atoms in total. The number of carbonyl (C=O) groups is 6. The molecule has 0 aliphatic heterocycles. The van der Waals surface area contributed by atoms with Crippen LogP contribution in [0.5, 0.6) is 0 Å². The van der Waals surface area contributed by atoms with E-state index in [2.05, 4.69) is 55.8 Å². The molecule has 0 atom stereocenters. The second-order valence-electron chi connectivity index (χ2n) is 9.59. The summed E-state index contributed by atoms with van der Waals surface area (Å²) in [4.78, 5) is 68.6. The molecule has 0 fully saturated rings. The first kappa shape index (κ1) is 44.0. The molecular formula is C30H34I2N4O10Tc-4. The van der Waals surface area contributed by atoms with Gasteiger partial charge in [0, 0.05) is 38.6 Å². The monoisotopic (exact) mass is 961 g/mol. The number of aliphatic carboxylic acids is 4. The van der Waals surface area contributed by atoms with Crippen molar-refractivity contribution in [3.05, 3.63) is 53.7 Å². The van der Waals surface area contributed by atoms with Crippen LogP contribution < -0.4 is 31.1 Å². The molecule has 17 heteroatoms. The summed E-state index contributed by atoms with van der Waals surface area (Å²) in [7, 11) is 0. The fourth-order valence-corrected chi connectivity index (χ4v) is 5.99. The number of carboxylic acid groups (broad SMARTS) is 4. The molecule has 2 aromatic rings. The molecule has 2 aromatic carbocycles. The number of carboxylic acids is 4. The van der Waals surface area contributed by atoms with Gasteiger partial charge < -0.3 is 60.0 Å². The van der Waals surface area contributed by atoms with Gasteiger partial charge in [-0.25, -0.2) is 9.59 Å². The second-order valence-corrected chi connectivity index (χ2v) is 11.9. The number of hydrogen-bond donors (Lipinski definition) is 2. The topological polar surface area (TPSA) is 225 Å². The summed E-state index contributed by atoms with van der Waals surface area (Å²) in [5.74, 6) is -6.18. The third-order valence-electron chi connectivity index (χ3n) is 6.47. The zero-order valence-corrected chi connectivity index (χ0v) is 32.3. The third-order valence-corrected chi connectivity index (χ3v) is 8.49. The number of hydrogen-bond acceptors (Lipinski definition) is 10. The summed E-state index contributed by atoms with van der Waals surface area (Å²) in [5.41, 5.74) is 4.79. The van der Waals surface area contributed by atoms with Gasteiger partial charge in [-0.2, -0.15) is 0 Å². The van der Waals surface area contributed by atoms with E-state index in [0.29, 0.717) is 46.9 Å². The van der Waals surface area contributed by atoms with Crippen LogP contribution in [0.2, 0.25) is 0 Å². The number of anilines is 2. The minimum absolute atomic E-state index is 0. The van der Waals surface area contributed by atoms with Gasteiger partial charge >= 0.3 is 12.1 Å². The van der Waals surface area contributed by atoms with Crippen molar-refractivity contribution in [2.45, 2.75) is 53.4 Å². The number of rotatable bonds is 14. The van der Waals surface area contributed by atoms with Gasteiger partial charge in [0.25, 0.3) is 0 Å². The van der Waals surface area contributed by atoms with Crippen LogP contribution in [0.1, 0.15) is 49.9 Å². The number of benzene rings is 2. The number of carbonyl (C=O) groups excluding carboxylic acids is 6. The van der Waals surface area contributed by atoms with Gasteiger partial charge in [-0.15, -0.1) is 0 Å². The smallest absolute Gasteiger partial charge is 0.322 e. The molecule has 1 radical (unpaired) electrons. The first-order valence-electron chi connectivity index (χ1n) is 14.1. The summed E-state index contributed by atoms with van der Waals surface area (Å²) in [6.07, 6.45) is 2.67. The molecule has 4 amide bonds. The SMILES string of the molecule is CCc1ccc(I)c(CC)c1NC(=O)N(CC(=O)[O-])CC(=O)[O-].CCc1ccc(I)c(CC)c1NC(=O)N(CC(=O)[O-])CC(=O)[O-].[Tc]. The van der Waals surface area contributed by atoms with Crippen molar-refractivity contribution < 1.29 is 69.3 Å². The van der Waals surface area contributed by atoms with E-state index in [1.54, 1.807) is 0 Å². The zero-order valence-electron chi connectivity index (χ0n) is 26.1. The molecule has 2 rings (SSSR count). The molecule has 0 saturated carbocycles. The summed E-state index contributed by atoms with van der Waals surface area (Å²) < 4.78 is 1.92. The van der Waals surface area contributed by atoms with Crippen molar-refractivity contribution >= 4 is 92.5 Å². The molecule has 47 heavy (non-hydrogen) atoms. The van der Waals surface area contributed by atoms with Crippen molar-refractivity contribution in [1.82, 2.24) is 9.80 Å². The van der Waals surface area contributed by atoms with E-state index < -0.39 is 62.1 Å². The van der Waals surface area contributed by atoms with Gasteiger partial charge in [0.15, 0.2) is 0 Å². The van der Waals surface area contributed by atoms with Crippen LogP contribution in [0.15, 0.2) is 24.3 Å². The number of amides is 4. The van der Waals surface area contributed by atoms with Crippen LogP contribution in [0.4, 0.5) is 21.0 Å². The van der Waals surface area contributed by atoms with Crippen LogP contribution in [-0.4, -0.2) is 71.9 Å². The summed E-state index contributed by atoms with van der Waals surface area (Å²) in [6.45, 7) is 4.42. The van der Waals surface area contributed by atoms with E-state index in [-0.39, 0.29) is 20.1 Å². The Labute approximate surface area is 313 Å². The van der Waals surface area contributed by atoms with Gasteiger partial charge in [0.05, 0.1) is 50.1 Å². The summed E-state index contributed by atoms with van der Waals surface area (Å²) in [6, 6.07) is 5.99. The zero-order chi connectivity index (χ0) is 35.1. The summed E-state index contributed by atoms with van der Waals surface area (Å²) in [5, 5.41) is 48.1. The Morgan fingerprint density at radius 1 is 0.553 bits per heavy atom. The van der Waals surface area contributed by atoms with Crippen molar-refractivity contribution in [2.75, 3.05) is 36.8 Å². The molecular weight excluding hydrogens is 928 g/mol. The first-order chi connectivity index (χ1) is 21.6. The summed E-state index contributed by atoms with van der Waals surface area (Å²) >= 11 is 4.30. The molecule has 0 spiro atoms. The van der Waals surface area contributed by atoms with Gasteiger partial charge in [0.2, 0.25) is 0 Å². The maximum Gasteiger partial charge on any atom is 0.322 e. The van der Waals surface area contributed by atoms with E-state index in [1.807, 2.05) is 52.0 Å². The van der Waals surface area contributed by atoms with E-state index in [9.17, 15) is 49.2 Å². The maximum atomic E-state index is 12.3. The van der Waals surface area contributed by atoms with Crippen molar-refractivity contribution in [3.63, 3.8) is 0 Å². The van der Waals surface area contributed by atoms with E-state index in [4.69, 9.17) is 0 Å². The van der Waals surface area contributed by atoms with Crippen LogP contribution in [0.25, 0.3) is 0 Å². The first-order valence-corrected chi connectivity index (χ1v) is 16.3. The number of nitrogens with one attached hydrogen (secondary N) is 2. The van der Waals surface area contributed by atoms with Gasteiger partial charge in [-0.05, 0) is 105 Å². The second kappa shape index (κ2) is 21.8. The quantitative estimate of drug-likeness (QED) is 0.231. The molecule has 2 N–H and O–H groups in total. The van der Waals surface area contributed by atoms with Gasteiger partial charge in [0.1, 0.15) is 0 Å². The van der Waals surface area contributed by atoms with Crippen LogP contribution >= 0.6 is 45.2 Å². The van der Waals surface area contributed by atoms with Crippen LogP contribution in [0, 0.1) is 7.14 Å². The normalized spacial score (nSPS) is 10.0. The third kappa shape index (κ3) is 14.3. The number of urea groups is 2. The number of nitrogens with zero attached hydrogens (tertiary/aromatic N) is 2. The fraction of sp³-hybridized carbons (Fsp3) is 0.400. The molecule has 0 unspecified atom stereocenters. The average Bonchev–Trinajstić information content (AvgIpc) is 2.96. The van der Waals surface area contributed by atoms with Crippen LogP contribution in [-0.2, 0) is 65.0 Å². The van der Waals surface area contributed by atoms with Crippen molar-refractivity contribution in [1.29, 1.82) is 0 Å². The molecule has 0 heterocycles. The van der Waals surface area contributed by atoms with Gasteiger partial charge in [-0.1, -0.05) is 39.8 Å². The van der Waals surface area contributed by atoms with E-state index >= 15 is 0 Å².